The minimum absolute atomic E-state index is 0.630. The zero-order valence-corrected chi connectivity index (χ0v) is 8.05. The van der Waals surface area contributed by atoms with Crippen molar-refractivity contribution in [1.82, 2.24) is 15.1 Å². The van der Waals surface area contributed by atoms with Gasteiger partial charge in [0.05, 0.1) is 17.6 Å². The molecule has 6 nitrogen and oxygen atoms in total. The minimum Gasteiger partial charge on any atom is -0.396 e. The summed E-state index contributed by atoms with van der Waals surface area (Å²) >= 11 is 0. The van der Waals surface area contributed by atoms with Gasteiger partial charge in [-0.05, 0) is 6.07 Å². The summed E-state index contributed by atoms with van der Waals surface area (Å²) in [6.07, 6.45) is 5.30. The number of nitrogens with one attached hydrogen (secondary N) is 1. The van der Waals surface area contributed by atoms with Crippen LogP contribution < -0.4 is 11.1 Å². The number of hydrogen-bond donors (Lipinski definition) is 2. The monoisotopic (exact) mass is 205 g/mol. The molecule has 2 rings (SSSR count). The van der Waals surface area contributed by atoms with Crippen molar-refractivity contribution in [2.75, 3.05) is 17.6 Å². The summed E-state index contributed by atoms with van der Waals surface area (Å²) in [5, 5.41) is 6.86. The number of pyridine rings is 1. The zero-order valence-electron chi connectivity index (χ0n) is 8.05. The highest BCUT2D eigenvalue weighted by atomic mass is 16.5. The first-order chi connectivity index (χ1) is 7.36. The Bertz CT molecular complexity index is 414. The van der Waals surface area contributed by atoms with Crippen LogP contribution in [0.5, 0.6) is 0 Å². The van der Waals surface area contributed by atoms with Crippen LogP contribution in [-0.2, 0) is 6.42 Å². The lowest BCUT2D eigenvalue weighted by molar-refractivity contribution is 0.410. The second kappa shape index (κ2) is 4.41. The fraction of sp³-hybridized carbons (Fsp3) is 0.222. The van der Waals surface area contributed by atoms with Crippen molar-refractivity contribution in [3.05, 3.63) is 30.7 Å². The van der Waals surface area contributed by atoms with Gasteiger partial charge in [-0.2, -0.15) is 4.98 Å². The summed E-state index contributed by atoms with van der Waals surface area (Å²) < 4.78 is 4.62. The van der Waals surface area contributed by atoms with E-state index in [1.54, 1.807) is 12.4 Å². The summed E-state index contributed by atoms with van der Waals surface area (Å²) in [5.74, 6) is 0.676. The Morgan fingerprint density at radius 3 is 3.13 bits per heavy atom. The predicted molar refractivity (Wildman–Crippen MR) is 55.1 cm³/mol. The molecule has 0 aromatic carbocycles. The standard InChI is InChI=1S/C9H11N5O/c10-7-5-11-3-1-8(7)12-4-2-9-13-6-15-14-9/h1,3,5-6H,2,4,10H2,(H,11,12). The first-order valence-corrected chi connectivity index (χ1v) is 4.55. The van der Waals surface area contributed by atoms with Crippen molar-refractivity contribution >= 4 is 11.4 Å². The van der Waals surface area contributed by atoms with Crippen LogP contribution in [-0.4, -0.2) is 21.7 Å². The van der Waals surface area contributed by atoms with Gasteiger partial charge in [-0.15, -0.1) is 0 Å². The molecule has 2 aromatic heterocycles. The highest BCUT2D eigenvalue weighted by Gasteiger charge is 1.99. The Morgan fingerprint density at radius 1 is 1.47 bits per heavy atom. The van der Waals surface area contributed by atoms with Crippen molar-refractivity contribution in [2.24, 2.45) is 0 Å². The third-order valence-electron chi connectivity index (χ3n) is 1.92. The molecule has 0 saturated heterocycles. The van der Waals surface area contributed by atoms with E-state index in [0.717, 1.165) is 5.69 Å². The number of nitrogen functional groups attached to an aromatic ring is 1. The summed E-state index contributed by atoms with van der Waals surface area (Å²) in [6, 6.07) is 1.82. The van der Waals surface area contributed by atoms with Crippen molar-refractivity contribution < 1.29 is 4.52 Å². The third kappa shape index (κ3) is 2.43. The molecule has 0 aliphatic carbocycles. The molecule has 0 atom stereocenters. The average Bonchev–Trinajstić information content (AvgIpc) is 2.74. The highest BCUT2D eigenvalue weighted by Crippen LogP contribution is 2.14. The second-order valence-corrected chi connectivity index (χ2v) is 2.99. The first-order valence-electron chi connectivity index (χ1n) is 4.55. The van der Waals surface area contributed by atoms with E-state index < -0.39 is 0 Å². The van der Waals surface area contributed by atoms with Crippen LogP contribution in [0.25, 0.3) is 0 Å². The van der Waals surface area contributed by atoms with E-state index in [0.29, 0.717) is 24.5 Å². The zero-order chi connectivity index (χ0) is 10.5. The average molecular weight is 205 g/mol. The second-order valence-electron chi connectivity index (χ2n) is 2.99. The van der Waals surface area contributed by atoms with Gasteiger partial charge in [-0.25, -0.2) is 0 Å². The molecule has 3 N–H and O–H groups in total. The quantitative estimate of drug-likeness (QED) is 0.763. The van der Waals surface area contributed by atoms with Gasteiger partial charge >= 0.3 is 0 Å². The van der Waals surface area contributed by atoms with Crippen molar-refractivity contribution in [1.29, 1.82) is 0 Å². The van der Waals surface area contributed by atoms with Crippen LogP contribution in [0.4, 0.5) is 11.4 Å². The summed E-state index contributed by atoms with van der Waals surface area (Å²) in [7, 11) is 0. The molecule has 15 heavy (non-hydrogen) atoms. The smallest absolute Gasteiger partial charge is 0.213 e. The summed E-state index contributed by atoms with van der Waals surface area (Å²) in [5.41, 5.74) is 7.20. The number of rotatable bonds is 4. The Kier molecular flexibility index (Phi) is 2.77. The van der Waals surface area contributed by atoms with Gasteiger partial charge in [0.2, 0.25) is 6.39 Å². The van der Waals surface area contributed by atoms with E-state index >= 15 is 0 Å². The number of anilines is 2. The summed E-state index contributed by atoms with van der Waals surface area (Å²) in [6.45, 7) is 0.702. The van der Waals surface area contributed by atoms with Crippen molar-refractivity contribution in [3.8, 4) is 0 Å². The van der Waals surface area contributed by atoms with Crippen LogP contribution in [0, 0.1) is 0 Å². The Hall–Kier alpha value is -2.11. The molecule has 0 aliphatic rings. The lowest BCUT2D eigenvalue weighted by atomic mass is 10.3. The van der Waals surface area contributed by atoms with Crippen molar-refractivity contribution in [2.45, 2.75) is 6.42 Å². The van der Waals surface area contributed by atoms with E-state index in [1.807, 2.05) is 6.07 Å². The highest BCUT2D eigenvalue weighted by molar-refractivity contribution is 5.64. The molecule has 78 valence electrons. The van der Waals surface area contributed by atoms with Crippen LogP contribution in [0.1, 0.15) is 5.82 Å². The number of nitrogens with zero attached hydrogens (tertiary/aromatic N) is 3. The normalized spacial score (nSPS) is 10.1. The van der Waals surface area contributed by atoms with Gasteiger partial charge in [-0.1, -0.05) is 5.16 Å². The van der Waals surface area contributed by atoms with Crippen LogP contribution in [0.3, 0.4) is 0 Å². The fourth-order valence-electron chi connectivity index (χ4n) is 1.18. The molecule has 0 unspecified atom stereocenters. The molecule has 0 saturated carbocycles. The fourth-order valence-corrected chi connectivity index (χ4v) is 1.18. The van der Waals surface area contributed by atoms with Gasteiger partial charge in [0.15, 0.2) is 5.82 Å². The molecule has 0 aliphatic heterocycles. The predicted octanol–water partition coefficient (Wildman–Crippen LogP) is 0.701. The van der Waals surface area contributed by atoms with Crippen LogP contribution in [0.15, 0.2) is 29.4 Å². The maximum absolute atomic E-state index is 5.71. The molecular weight excluding hydrogens is 194 g/mol. The lowest BCUT2D eigenvalue weighted by Gasteiger charge is -2.06. The van der Waals surface area contributed by atoms with E-state index in [9.17, 15) is 0 Å². The molecular formula is C9H11N5O. The molecule has 0 spiro atoms. The Morgan fingerprint density at radius 2 is 2.40 bits per heavy atom. The van der Waals surface area contributed by atoms with E-state index in [1.165, 1.54) is 6.39 Å². The lowest BCUT2D eigenvalue weighted by Crippen LogP contribution is -2.07. The molecule has 0 bridgehead atoms. The third-order valence-corrected chi connectivity index (χ3v) is 1.92. The van der Waals surface area contributed by atoms with E-state index in [-0.39, 0.29) is 0 Å². The largest absolute Gasteiger partial charge is 0.396 e. The maximum atomic E-state index is 5.71. The number of aromatic nitrogens is 3. The molecule has 6 heteroatoms. The van der Waals surface area contributed by atoms with Gasteiger partial charge in [0.1, 0.15) is 0 Å². The van der Waals surface area contributed by atoms with Gasteiger partial charge < -0.3 is 15.6 Å². The number of nitrogens with two attached hydrogens (primary N) is 1. The number of hydrogen-bond acceptors (Lipinski definition) is 6. The topological polar surface area (TPSA) is 89.9 Å². The van der Waals surface area contributed by atoms with Gasteiger partial charge in [0, 0.05) is 19.2 Å². The SMILES string of the molecule is Nc1cnccc1NCCc1ncon1. The van der Waals surface area contributed by atoms with Crippen LogP contribution >= 0.6 is 0 Å². The van der Waals surface area contributed by atoms with Gasteiger partial charge in [-0.3, -0.25) is 4.98 Å². The van der Waals surface area contributed by atoms with Gasteiger partial charge in [0.25, 0.3) is 0 Å². The Balaban J connectivity index is 1.86. The Labute approximate surface area is 86.5 Å². The molecule has 0 radical (unpaired) electrons. The van der Waals surface area contributed by atoms with Crippen molar-refractivity contribution in [3.63, 3.8) is 0 Å². The molecule has 2 aromatic rings. The summed E-state index contributed by atoms with van der Waals surface area (Å²) in [4.78, 5) is 7.81. The van der Waals surface area contributed by atoms with E-state index in [4.69, 9.17) is 5.73 Å². The molecule has 0 fully saturated rings. The van der Waals surface area contributed by atoms with E-state index in [2.05, 4.69) is 25.0 Å². The molecule has 0 amide bonds. The molecule has 2 heterocycles. The van der Waals surface area contributed by atoms with Crippen LogP contribution in [0.2, 0.25) is 0 Å². The first kappa shape index (κ1) is 9.45. The minimum atomic E-state index is 0.630. The maximum Gasteiger partial charge on any atom is 0.213 e.